The van der Waals surface area contributed by atoms with Gasteiger partial charge in [0.2, 0.25) is 5.88 Å². The molecule has 0 saturated heterocycles. The fraction of sp³-hybridized carbons (Fsp3) is 0.390. The molecule has 6 rings (SSSR count). The fourth-order valence-electron chi connectivity index (χ4n) is 7.00. The molecule has 0 aliphatic heterocycles. The number of carbonyl (C=O) groups is 1. The van der Waals surface area contributed by atoms with E-state index in [-0.39, 0.29) is 29.4 Å². The molecule has 1 aliphatic carbocycles. The highest BCUT2D eigenvalue weighted by Gasteiger charge is 2.34. The number of fused-ring (bicyclic) bond motifs is 2. The van der Waals surface area contributed by atoms with E-state index < -0.39 is 23.1 Å². The fourth-order valence-corrected chi connectivity index (χ4v) is 7.33. The van der Waals surface area contributed by atoms with E-state index in [9.17, 15) is 27.6 Å². The molecule has 0 unspecified atom stereocenters. The second-order valence-electron chi connectivity index (χ2n) is 13.8. The summed E-state index contributed by atoms with van der Waals surface area (Å²) >= 11 is 7.01. The number of aliphatic hydroxyl groups excluding tert-OH is 1. The predicted molar refractivity (Wildman–Crippen MR) is 220 cm³/mol. The molecule has 13 nitrogen and oxygen atoms in total. The third-order valence-corrected chi connectivity index (χ3v) is 10.5. The largest absolute Gasteiger partial charge is 0.481 e. The number of carbonyl (C=O) groups excluding carboxylic acids is 1. The molecule has 3 aromatic heterocycles. The number of ether oxygens (including phenoxy) is 1. The zero-order valence-electron chi connectivity index (χ0n) is 33.3. The van der Waals surface area contributed by atoms with Crippen LogP contribution in [0.2, 0.25) is 5.02 Å². The second-order valence-corrected chi connectivity index (χ2v) is 14.2. The molecule has 310 valence electrons. The topological polar surface area (TPSA) is 156 Å². The van der Waals surface area contributed by atoms with E-state index in [0.29, 0.717) is 63.7 Å². The summed E-state index contributed by atoms with van der Waals surface area (Å²) in [6.45, 7) is 3.86. The number of hydrogen-bond acceptors (Lipinski definition) is 9. The van der Waals surface area contributed by atoms with Crippen molar-refractivity contribution in [3.63, 3.8) is 0 Å². The zero-order chi connectivity index (χ0) is 42.3. The summed E-state index contributed by atoms with van der Waals surface area (Å²) in [7, 11) is 7.67. The van der Waals surface area contributed by atoms with Crippen LogP contribution in [0.4, 0.5) is 29.5 Å². The van der Waals surface area contributed by atoms with Crippen molar-refractivity contribution < 1.29 is 27.8 Å². The molecule has 2 aromatic carbocycles. The number of amides is 2. The smallest absolute Gasteiger partial charge is 0.433 e. The number of nitrogens with one attached hydrogen (secondary N) is 3. The number of rotatable bonds is 12. The van der Waals surface area contributed by atoms with Crippen molar-refractivity contribution >= 4 is 40.0 Å². The molecule has 0 bridgehead atoms. The quantitative estimate of drug-likeness (QED) is 0.108. The number of aliphatic hydroxyl groups is 1. The number of methoxy groups -OCH3 is 1. The van der Waals surface area contributed by atoms with Gasteiger partial charge in [-0.15, -0.1) is 0 Å². The zero-order valence-corrected chi connectivity index (χ0v) is 34.1. The van der Waals surface area contributed by atoms with Gasteiger partial charge in [-0.25, -0.2) is 19.6 Å². The van der Waals surface area contributed by atoms with Crippen molar-refractivity contribution in [2.45, 2.75) is 45.2 Å². The summed E-state index contributed by atoms with van der Waals surface area (Å²) in [6.07, 6.45) is 0.0460. The van der Waals surface area contributed by atoms with E-state index in [1.807, 2.05) is 37.4 Å². The average Bonchev–Trinajstić information content (AvgIpc) is 3.69. The number of aromatic nitrogens is 4. The predicted octanol–water partition coefficient (Wildman–Crippen LogP) is 6.20. The summed E-state index contributed by atoms with van der Waals surface area (Å²) in [5.74, 6) is 0.267. The van der Waals surface area contributed by atoms with Crippen LogP contribution < -0.4 is 31.9 Å². The number of urea groups is 1. The lowest BCUT2D eigenvalue weighted by molar-refractivity contribution is -0.141. The summed E-state index contributed by atoms with van der Waals surface area (Å²) < 4.78 is 49.0. The van der Waals surface area contributed by atoms with Gasteiger partial charge in [0.25, 0.3) is 5.56 Å². The minimum absolute atomic E-state index is 0.0133. The number of nitrogens with zero attached hydrogens (tertiary/aromatic N) is 5. The number of halogens is 4. The van der Waals surface area contributed by atoms with Crippen LogP contribution in [0.3, 0.4) is 0 Å². The maximum atomic E-state index is 13.9. The molecular formula is C41H48ClF3N8O5. The van der Waals surface area contributed by atoms with E-state index in [1.165, 1.54) is 19.7 Å². The summed E-state index contributed by atoms with van der Waals surface area (Å²) in [5, 5.41) is 17.6. The van der Waals surface area contributed by atoms with Gasteiger partial charge in [-0.3, -0.25) is 13.9 Å². The van der Waals surface area contributed by atoms with Crippen LogP contribution in [0.15, 0.2) is 58.1 Å². The van der Waals surface area contributed by atoms with Crippen LogP contribution in [0.1, 0.15) is 41.6 Å². The van der Waals surface area contributed by atoms with Crippen molar-refractivity contribution in [2.24, 2.45) is 14.1 Å². The van der Waals surface area contributed by atoms with E-state index in [4.69, 9.17) is 26.4 Å². The standard InChI is InChI=1S/C32H27ClF3N5O3.C9H21N3O2/c1-16-18(20-11-6-12-21(27(20)33)23-14-17-8-5-10-19(17)29(38-23)44-4)9-7-13-22(16)37-28-26-24(15-25(39-28)32(34,35)36)40(2)31(43)41(3)30(26)42;1-10-5-3-4-6-12(7-8-13)9(14)11-2/h6-7,9,11-15H,5,8,10H2,1-4H3,(H,37,39);10,13H,3-8H2,1-2H3,(H,11,14). The van der Waals surface area contributed by atoms with Crippen molar-refractivity contribution in [3.8, 4) is 28.3 Å². The van der Waals surface area contributed by atoms with Crippen LogP contribution in [0.5, 0.6) is 5.88 Å². The first kappa shape index (κ1) is 43.7. The van der Waals surface area contributed by atoms with Gasteiger partial charge in [-0.05, 0) is 87.5 Å². The molecule has 0 fully saturated rings. The van der Waals surface area contributed by atoms with E-state index in [1.54, 1.807) is 38.1 Å². The number of anilines is 2. The van der Waals surface area contributed by atoms with Crippen LogP contribution in [0, 0.1) is 6.92 Å². The van der Waals surface area contributed by atoms with Gasteiger partial charge in [-0.1, -0.05) is 41.9 Å². The minimum atomic E-state index is -4.82. The molecule has 3 heterocycles. The molecule has 0 spiro atoms. The van der Waals surface area contributed by atoms with Crippen molar-refractivity contribution in [3.05, 3.63) is 96.8 Å². The number of benzene rings is 2. The Kier molecular flexibility index (Phi) is 14.2. The third kappa shape index (κ3) is 9.30. The molecule has 5 aromatic rings. The summed E-state index contributed by atoms with van der Waals surface area (Å²) in [6, 6.07) is 13.5. The maximum absolute atomic E-state index is 13.9. The molecule has 58 heavy (non-hydrogen) atoms. The van der Waals surface area contributed by atoms with Gasteiger partial charge >= 0.3 is 17.9 Å². The van der Waals surface area contributed by atoms with Gasteiger partial charge in [0.15, 0.2) is 0 Å². The molecule has 0 radical (unpaired) electrons. The SMILES string of the molecule is CNCCCCN(CCO)C(=O)NC.COc1nc(-c2cccc(-c3cccc(Nc4nc(C(F)(F)F)cc5c4c(=O)n(C)c(=O)n5C)c3C)c2Cl)cc2c1CCC2. The van der Waals surface area contributed by atoms with Gasteiger partial charge in [0, 0.05) is 56.6 Å². The second kappa shape index (κ2) is 18.9. The molecular weight excluding hydrogens is 777 g/mol. The van der Waals surface area contributed by atoms with Crippen LogP contribution >= 0.6 is 11.6 Å². The number of unbranched alkanes of at least 4 members (excludes halogenated alkanes) is 1. The molecule has 0 saturated carbocycles. The third-order valence-electron chi connectivity index (χ3n) is 10.1. The lowest BCUT2D eigenvalue weighted by Gasteiger charge is -2.20. The summed E-state index contributed by atoms with van der Waals surface area (Å²) in [5.41, 5.74) is 3.20. The highest BCUT2D eigenvalue weighted by molar-refractivity contribution is 6.36. The minimum Gasteiger partial charge on any atom is -0.481 e. The van der Waals surface area contributed by atoms with E-state index in [2.05, 4.69) is 20.9 Å². The first-order valence-corrected chi connectivity index (χ1v) is 19.2. The Balaban J connectivity index is 0.000000392. The molecule has 0 atom stereocenters. The Morgan fingerprint density at radius 1 is 0.983 bits per heavy atom. The Hall–Kier alpha value is -5.45. The number of alkyl halides is 3. The normalized spacial score (nSPS) is 12.2. The van der Waals surface area contributed by atoms with Gasteiger partial charge in [0.1, 0.15) is 16.9 Å². The molecule has 4 N–H and O–H groups in total. The van der Waals surface area contributed by atoms with Gasteiger partial charge in [-0.2, -0.15) is 13.2 Å². The number of pyridine rings is 2. The molecule has 2 amide bonds. The van der Waals surface area contributed by atoms with Gasteiger partial charge < -0.3 is 30.7 Å². The van der Waals surface area contributed by atoms with E-state index in [0.717, 1.165) is 53.3 Å². The van der Waals surface area contributed by atoms with E-state index >= 15 is 0 Å². The molecule has 17 heteroatoms. The molecule has 1 aliphatic rings. The van der Waals surface area contributed by atoms with Crippen molar-refractivity contribution in [1.82, 2.24) is 34.6 Å². The maximum Gasteiger partial charge on any atom is 0.433 e. The van der Waals surface area contributed by atoms with Crippen LogP contribution in [0.25, 0.3) is 33.3 Å². The Morgan fingerprint density at radius 2 is 1.69 bits per heavy atom. The average molecular weight is 825 g/mol. The number of hydrogen-bond donors (Lipinski definition) is 4. The number of aryl methyl sites for hydroxylation is 2. The highest BCUT2D eigenvalue weighted by atomic mass is 35.5. The highest BCUT2D eigenvalue weighted by Crippen LogP contribution is 2.41. The first-order chi connectivity index (χ1) is 27.7. The van der Waals surface area contributed by atoms with Crippen LogP contribution in [-0.2, 0) is 33.1 Å². The van der Waals surface area contributed by atoms with Gasteiger partial charge in [0.05, 0.1) is 29.9 Å². The Bertz CT molecular complexity index is 2420. The van der Waals surface area contributed by atoms with Crippen molar-refractivity contribution in [2.75, 3.05) is 52.8 Å². The first-order valence-electron chi connectivity index (χ1n) is 18.8. The Morgan fingerprint density at radius 3 is 2.36 bits per heavy atom. The lowest BCUT2D eigenvalue weighted by Crippen LogP contribution is -2.40. The van der Waals surface area contributed by atoms with Crippen molar-refractivity contribution in [1.29, 1.82) is 0 Å². The van der Waals surface area contributed by atoms with Crippen LogP contribution in [-0.4, -0.2) is 82.6 Å². The monoisotopic (exact) mass is 824 g/mol. The summed E-state index contributed by atoms with van der Waals surface area (Å²) in [4.78, 5) is 47.1. The lowest BCUT2D eigenvalue weighted by atomic mass is 9.96. The Labute approximate surface area is 338 Å².